The van der Waals surface area contributed by atoms with Crippen molar-refractivity contribution in [2.75, 3.05) is 13.1 Å². The second-order valence-electron chi connectivity index (χ2n) is 8.64. The standard InChI is InChI=1S/C23H26N4O4S2/c28-22(24-13-16-6-2-1-3-7-16)18-10-5-11-27(14-18)33(29,30)20-12-19(15-32-20)21-25-23(31-26-21)17-8-4-9-17/h1-3,6-7,12,15,17-18H,4-5,8-11,13-14H2,(H,24,28)/t18-/m0/s1. The van der Waals surface area contributed by atoms with Gasteiger partial charge in [0.25, 0.3) is 10.0 Å². The van der Waals surface area contributed by atoms with E-state index in [-0.39, 0.29) is 22.6 Å². The van der Waals surface area contributed by atoms with Gasteiger partial charge in [-0.3, -0.25) is 4.79 Å². The monoisotopic (exact) mass is 486 g/mol. The largest absolute Gasteiger partial charge is 0.352 e. The molecule has 1 aliphatic carbocycles. The third kappa shape index (κ3) is 4.73. The molecule has 2 fully saturated rings. The molecule has 5 rings (SSSR count). The van der Waals surface area contributed by atoms with Crippen LogP contribution in [0.1, 0.15) is 49.5 Å². The van der Waals surface area contributed by atoms with Crippen LogP contribution in [-0.2, 0) is 21.4 Å². The lowest BCUT2D eigenvalue weighted by molar-refractivity contribution is -0.126. The van der Waals surface area contributed by atoms with Gasteiger partial charge in [-0.05, 0) is 37.3 Å². The number of carbonyl (C=O) groups excluding carboxylic acids is 1. The number of amides is 1. The van der Waals surface area contributed by atoms with Crippen LogP contribution in [0.15, 0.2) is 50.5 Å². The van der Waals surface area contributed by atoms with Crippen LogP contribution in [-0.4, -0.2) is 41.9 Å². The molecule has 3 heterocycles. The molecule has 0 spiro atoms. The van der Waals surface area contributed by atoms with Crippen LogP contribution in [0.3, 0.4) is 0 Å². The number of piperidine rings is 1. The van der Waals surface area contributed by atoms with Crippen molar-refractivity contribution in [1.29, 1.82) is 0 Å². The van der Waals surface area contributed by atoms with Crippen molar-refractivity contribution in [1.82, 2.24) is 19.8 Å². The Labute approximate surface area is 197 Å². The third-order valence-corrected chi connectivity index (χ3v) is 9.67. The van der Waals surface area contributed by atoms with Crippen molar-refractivity contribution in [3.05, 3.63) is 53.2 Å². The van der Waals surface area contributed by atoms with Crippen LogP contribution < -0.4 is 5.32 Å². The summed E-state index contributed by atoms with van der Waals surface area (Å²) in [5.74, 6) is 0.907. The Morgan fingerprint density at radius 2 is 2.00 bits per heavy atom. The summed E-state index contributed by atoms with van der Waals surface area (Å²) in [4.78, 5) is 17.2. The first-order valence-electron chi connectivity index (χ1n) is 11.2. The summed E-state index contributed by atoms with van der Waals surface area (Å²) in [6, 6.07) is 11.3. The van der Waals surface area contributed by atoms with E-state index >= 15 is 0 Å². The Morgan fingerprint density at radius 3 is 2.76 bits per heavy atom. The highest BCUT2D eigenvalue weighted by Gasteiger charge is 2.34. The highest BCUT2D eigenvalue weighted by atomic mass is 32.2. The highest BCUT2D eigenvalue weighted by Crippen LogP contribution is 2.37. The van der Waals surface area contributed by atoms with Crippen LogP contribution in [0.25, 0.3) is 11.4 Å². The van der Waals surface area contributed by atoms with Crippen LogP contribution in [0.4, 0.5) is 0 Å². The molecule has 33 heavy (non-hydrogen) atoms. The zero-order valence-electron chi connectivity index (χ0n) is 18.1. The summed E-state index contributed by atoms with van der Waals surface area (Å²) in [7, 11) is -3.70. The summed E-state index contributed by atoms with van der Waals surface area (Å²) < 4.78 is 33.6. The first-order chi connectivity index (χ1) is 16.0. The molecule has 1 aromatic carbocycles. The summed E-state index contributed by atoms with van der Waals surface area (Å²) >= 11 is 1.15. The second-order valence-corrected chi connectivity index (χ2v) is 11.7. The van der Waals surface area contributed by atoms with E-state index in [0.717, 1.165) is 29.7 Å². The number of rotatable bonds is 7. The number of hydrogen-bond acceptors (Lipinski definition) is 7. The lowest BCUT2D eigenvalue weighted by atomic mass is 9.85. The Balaban J connectivity index is 1.24. The van der Waals surface area contributed by atoms with Crippen molar-refractivity contribution in [3.8, 4) is 11.4 Å². The average Bonchev–Trinajstić information content (AvgIpc) is 3.47. The number of hydrogen-bond donors (Lipinski definition) is 1. The molecule has 3 aromatic rings. The van der Waals surface area contributed by atoms with Gasteiger partial charge in [0.05, 0.1) is 5.92 Å². The van der Waals surface area contributed by atoms with Gasteiger partial charge in [0, 0.05) is 36.5 Å². The van der Waals surface area contributed by atoms with E-state index in [0.29, 0.717) is 49.1 Å². The van der Waals surface area contributed by atoms with Gasteiger partial charge >= 0.3 is 0 Å². The normalized spacial score (nSPS) is 19.8. The Bertz CT molecular complexity index is 1220. The minimum Gasteiger partial charge on any atom is -0.352 e. The van der Waals surface area contributed by atoms with Gasteiger partial charge in [0.1, 0.15) is 4.21 Å². The SMILES string of the molecule is O=C(NCc1ccccc1)[C@H]1CCCN(S(=O)(=O)c2cc(-c3noc(C4CCC4)n3)cs2)C1. The zero-order valence-corrected chi connectivity index (χ0v) is 19.8. The molecule has 10 heteroatoms. The van der Waals surface area contributed by atoms with Crippen LogP contribution in [0, 0.1) is 5.92 Å². The third-order valence-electron chi connectivity index (χ3n) is 6.39. The van der Waals surface area contributed by atoms with E-state index in [1.807, 2.05) is 30.3 Å². The van der Waals surface area contributed by atoms with Gasteiger partial charge < -0.3 is 9.84 Å². The molecule has 1 saturated heterocycles. The molecule has 2 aliphatic rings. The van der Waals surface area contributed by atoms with Gasteiger partial charge in [0.2, 0.25) is 17.6 Å². The first-order valence-corrected chi connectivity index (χ1v) is 13.6. The summed E-state index contributed by atoms with van der Waals surface area (Å²) in [5.41, 5.74) is 1.65. The number of carbonyl (C=O) groups is 1. The van der Waals surface area contributed by atoms with Gasteiger partial charge in [-0.2, -0.15) is 9.29 Å². The van der Waals surface area contributed by atoms with Gasteiger partial charge in [-0.25, -0.2) is 8.42 Å². The summed E-state index contributed by atoms with van der Waals surface area (Å²) in [6.45, 7) is 1.03. The number of nitrogens with zero attached hydrogens (tertiary/aromatic N) is 3. The Kier molecular flexibility index (Phi) is 6.31. The van der Waals surface area contributed by atoms with Gasteiger partial charge in [-0.1, -0.05) is 41.9 Å². The molecular weight excluding hydrogens is 460 g/mol. The molecule has 1 amide bonds. The number of sulfonamides is 1. The number of thiophene rings is 1. The minimum atomic E-state index is -3.70. The maximum atomic E-state index is 13.3. The maximum Gasteiger partial charge on any atom is 0.252 e. The fourth-order valence-electron chi connectivity index (χ4n) is 4.17. The van der Waals surface area contributed by atoms with Crippen LogP contribution in [0.5, 0.6) is 0 Å². The molecule has 174 valence electrons. The topological polar surface area (TPSA) is 105 Å². The second kappa shape index (κ2) is 9.36. The quantitative estimate of drug-likeness (QED) is 0.545. The fourth-order valence-corrected chi connectivity index (χ4v) is 7.01. The van der Waals surface area contributed by atoms with E-state index in [1.54, 1.807) is 11.4 Å². The van der Waals surface area contributed by atoms with Crippen molar-refractivity contribution in [2.45, 2.75) is 48.8 Å². The molecule has 1 saturated carbocycles. The molecule has 1 aliphatic heterocycles. The predicted octanol–water partition coefficient (Wildman–Crippen LogP) is 3.78. The van der Waals surface area contributed by atoms with Crippen molar-refractivity contribution in [2.24, 2.45) is 5.92 Å². The highest BCUT2D eigenvalue weighted by molar-refractivity contribution is 7.91. The van der Waals surface area contributed by atoms with Gasteiger partial charge in [0.15, 0.2) is 0 Å². The molecule has 0 bridgehead atoms. The lowest BCUT2D eigenvalue weighted by Gasteiger charge is -2.30. The molecule has 0 unspecified atom stereocenters. The molecule has 1 N–H and O–H groups in total. The smallest absolute Gasteiger partial charge is 0.252 e. The number of benzene rings is 1. The van der Waals surface area contributed by atoms with Crippen molar-refractivity contribution < 1.29 is 17.7 Å². The number of nitrogens with one attached hydrogen (secondary N) is 1. The predicted molar refractivity (Wildman–Crippen MR) is 124 cm³/mol. The van der Waals surface area contributed by atoms with Crippen molar-refractivity contribution in [3.63, 3.8) is 0 Å². The summed E-state index contributed by atoms with van der Waals surface area (Å²) in [6.07, 6.45) is 4.61. The number of aromatic nitrogens is 2. The lowest BCUT2D eigenvalue weighted by Crippen LogP contribution is -2.45. The van der Waals surface area contributed by atoms with Crippen LogP contribution in [0.2, 0.25) is 0 Å². The van der Waals surface area contributed by atoms with E-state index < -0.39 is 10.0 Å². The molecule has 0 radical (unpaired) electrons. The fraction of sp³-hybridized carbons (Fsp3) is 0.435. The molecule has 1 atom stereocenters. The average molecular weight is 487 g/mol. The van der Waals surface area contributed by atoms with Crippen LogP contribution >= 0.6 is 11.3 Å². The van der Waals surface area contributed by atoms with E-state index in [2.05, 4.69) is 15.5 Å². The van der Waals surface area contributed by atoms with Gasteiger partial charge in [-0.15, -0.1) is 11.3 Å². The molecular formula is C23H26N4O4S2. The summed E-state index contributed by atoms with van der Waals surface area (Å²) in [5, 5.41) is 8.73. The van der Waals surface area contributed by atoms with E-state index in [4.69, 9.17) is 4.52 Å². The first kappa shape index (κ1) is 22.2. The molecule has 8 nitrogen and oxygen atoms in total. The van der Waals surface area contributed by atoms with E-state index in [1.165, 1.54) is 10.7 Å². The Hall–Kier alpha value is -2.56. The maximum absolute atomic E-state index is 13.3. The minimum absolute atomic E-state index is 0.110. The molecule has 2 aromatic heterocycles. The zero-order chi connectivity index (χ0) is 22.8. The van der Waals surface area contributed by atoms with Crippen molar-refractivity contribution >= 4 is 27.3 Å². The Morgan fingerprint density at radius 1 is 1.18 bits per heavy atom. The van der Waals surface area contributed by atoms with E-state index in [9.17, 15) is 13.2 Å².